The fourth-order valence-corrected chi connectivity index (χ4v) is 2.31. The summed E-state index contributed by atoms with van der Waals surface area (Å²) in [6.07, 6.45) is 0.106. The summed E-state index contributed by atoms with van der Waals surface area (Å²) >= 11 is 0. The first-order valence-corrected chi connectivity index (χ1v) is 6.97. The molecule has 0 bridgehead atoms. The molecule has 0 unspecified atom stereocenters. The first kappa shape index (κ1) is 15.5. The van der Waals surface area contributed by atoms with Crippen molar-refractivity contribution in [3.05, 3.63) is 30.3 Å². The highest BCUT2D eigenvalue weighted by Crippen LogP contribution is 2.28. The molecule has 1 saturated heterocycles. The van der Waals surface area contributed by atoms with Gasteiger partial charge in [0.1, 0.15) is 0 Å². The van der Waals surface area contributed by atoms with E-state index in [1.54, 1.807) is 12.1 Å². The summed E-state index contributed by atoms with van der Waals surface area (Å²) < 4.78 is 0. The van der Waals surface area contributed by atoms with E-state index in [0.29, 0.717) is 25.3 Å². The Morgan fingerprint density at radius 1 is 1.38 bits per heavy atom. The molecule has 1 atom stereocenters. The Labute approximate surface area is 124 Å². The van der Waals surface area contributed by atoms with Crippen LogP contribution in [0.2, 0.25) is 0 Å². The van der Waals surface area contributed by atoms with Crippen LogP contribution in [0, 0.1) is 0 Å². The number of nitrogens with zero attached hydrogens (tertiary/aromatic N) is 2. The third-order valence-corrected chi connectivity index (χ3v) is 3.58. The average molecular weight is 291 g/mol. The van der Waals surface area contributed by atoms with Crippen molar-refractivity contribution in [2.24, 2.45) is 0 Å². The van der Waals surface area contributed by atoms with Gasteiger partial charge in [-0.1, -0.05) is 18.2 Å². The maximum absolute atomic E-state index is 12.4. The van der Waals surface area contributed by atoms with E-state index in [1.165, 1.54) is 4.90 Å². The molecule has 0 spiro atoms. The number of hydrogen-bond acceptors (Lipinski definition) is 4. The summed E-state index contributed by atoms with van der Waals surface area (Å²) in [6, 6.07) is 9.06. The zero-order valence-corrected chi connectivity index (χ0v) is 12.4. The summed E-state index contributed by atoms with van der Waals surface area (Å²) in [4.78, 5) is 27.8. The zero-order chi connectivity index (χ0) is 15.5. The van der Waals surface area contributed by atoms with Crippen molar-refractivity contribution in [2.45, 2.75) is 12.0 Å². The third-order valence-electron chi connectivity index (χ3n) is 3.58. The summed E-state index contributed by atoms with van der Waals surface area (Å²) in [5.41, 5.74) is -1.26. The van der Waals surface area contributed by atoms with Gasteiger partial charge in [0.15, 0.2) is 0 Å². The van der Waals surface area contributed by atoms with Crippen LogP contribution >= 0.6 is 0 Å². The third kappa shape index (κ3) is 3.22. The van der Waals surface area contributed by atoms with E-state index in [0.717, 1.165) is 0 Å². The van der Waals surface area contributed by atoms with E-state index in [2.05, 4.69) is 5.32 Å². The zero-order valence-electron chi connectivity index (χ0n) is 12.4. The maximum Gasteiger partial charge on any atom is 0.268 e. The summed E-state index contributed by atoms with van der Waals surface area (Å²) in [5, 5.41) is 13.0. The SMILES string of the molecule is CN(C)CCNC(=O)[C@@]1(O)CCN(c2ccccc2)C1=O. The van der Waals surface area contributed by atoms with E-state index >= 15 is 0 Å². The molecular weight excluding hydrogens is 270 g/mol. The van der Waals surface area contributed by atoms with E-state index in [1.807, 2.05) is 37.2 Å². The molecule has 2 rings (SSSR count). The molecule has 6 heteroatoms. The highest BCUT2D eigenvalue weighted by atomic mass is 16.3. The lowest BCUT2D eigenvalue weighted by Gasteiger charge is -2.22. The lowest BCUT2D eigenvalue weighted by molar-refractivity contribution is -0.149. The normalized spacial score (nSPS) is 21.9. The molecule has 0 radical (unpaired) electrons. The Kier molecular flexibility index (Phi) is 4.59. The molecule has 0 aromatic heterocycles. The second-order valence-corrected chi connectivity index (χ2v) is 5.46. The van der Waals surface area contributed by atoms with Crippen molar-refractivity contribution in [1.29, 1.82) is 0 Å². The number of carbonyl (C=O) groups excluding carboxylic acids is 2. The number of anilines is 1. The van der Waals surface area contributed by atoms with E-state index in [-0.39, 0.29) is 6.42 Å². The number of likely N-dealkylation sites (N-methyl/N-ethyl adjacent to an activating group) is 1. The van der Waals surface area contributed by atoms with Gasteiger partial charge < -0.3 is 20.2 Å². The predicted octanol–water partition coefficient (Wildman–Crippen LogP) is -0.168. The van der Waals surface area contributed by atoms with Gasteiger partial charge in [-0.15, -0.1) is 0 Å². The topological polar surface area (TPSA) is 72.9 Å². The summed E-state index contributed by atoms with van der Waals surface area (Å²) in [7, 11) is 3.78. The number of rotatable bonds is 5. The Hall–Kier alpha value is -1.92. The molecule has 1 fully saturated rings. The number of hydrogen-bond donors (Lipinski definition) is 2. The van der Waals surface area contributed by atoms with Crippen molar-refractivity contribution in [2.75, 3.05) is 38.6 Å². The van der Waals surface area contributed by atoms with Crippen LogP contribution in [0.1, 0.15) is 6.42 Å². The minimum Gasteiger partial charge on any atom is -0.372 e. The molecular formula is C15H21N3O3. The smallest absolute Gasteiger partial charge is 0.268 e. The van der Waals surface area contributed by atoms with E-state index < -0.39 is 17.4 Å². The van der Waals surface area contributed by atoms with Gasteiger partial charge in [-0.2, -0.15) is 0 Å². The van der Waals surface area contributed by atoms with Gasteiger partial charge in [-0.3, -0.25) is 9.59 Å². The molecule has 1 aliphatic heterocycles. The molecule has 1 aliphatic rings. The van der Waals surface area contributed by atoms with Crippen LogP contribution in [-0.4, -0.2) is 61.2 Å². The van der Waals surface area contributed by atoms with Gasteiger partial charge in [-0.25, -0.2) is 0 Å². The van der Waals surface area contributed by atoms with Crippen LogP contribution in [0.4, 0.5) is 5.69 Å². The van der Waals surface area contributed by atoms with Crippen LogP contribution in [0.25, 0.3) is 0 Å². The summed E-state index contributed by atoms with van der Waals surface area (Å²) in [5.74, 6) is -1.18. The van der Waals surface area contributed by atoms with Gasteiger partial charge >= 0.3 is 0 Å². The number of amides is 2. The average Bonchev–Trinajstić information content (AvgIpc) is 2.77. The molecule has 0 aliphatic carbocycles. The van der Waals surface area contributed by atoms with Gasteiger partial charge in [0.25, 0.3) is 11.8 Å². The van der Waals surface area contributed by atoms with Crippen LogP contribution in [0.15, 0.2) is 30.3 Å². The molecule has 21 heavy (non-hydrogen) atoms. The maximum atomic E-state index is 12.4. The fourth-order valence-electron chi connectivity index (χ4n) is 2.31. The number of nitrogens with one attached hydrogen (secondary N) is 1. The number of benzene rings is 1. The molecule has 2 N–H and O–H groups in total. The Morgan fingerprint density at radius 2 is 2.05 bits per heavy atom. The largest absolute Gasteiger partial charge is 0.372 e. The second kappa shape index (κ2) is 6.24. The van der Waals surface area contributed by atoms with Crippen molar-refractivity contribution in [3.8, 4) is 0 Å². The molecule has 1 aromatic rings. The monoisotopic (exact) mass is 291 g/mol. The van der Waals surface area contributed by atoms with Crippen molar-refractivity contribution in [1.82, 2.24) is 10.2 Å². The van der Waals surface area contributed by atoms with Crippen LogP contribution in [0.5, 0.6) is 0 Å². The first-order chi connectivity index (χ1) is 9.95. The van der Waals surface area contributed by atoms with Crippen molar-refractivity contribution >= 4 is 17.5 Å². The van der Waals surface area contributed by atoms with Gasteiger partial charge in [0.2, 0.25) is 5.60 Å². The predicted molar refractivity (Wildman–Crippen MR) is 79.9 cm³/mol. The Bertz CT molecular complexity index is 518. The first-order valence-electron chi connectivity index (χ1n) is 6.97. The van der Waals surface area contributed by atoms with Gasteiger partial charge in [0.05, 0.1) is 0 Å². The minimum atomic E-state index is -1.96. The molecule has 6 nitrogen and oxygen atoms in total. The number of para-hydroxylation sites is 1. The van der Waals surface area contributed by atoms with E-state index in [4.69, 9.17) is 0 Å². The molecule has 2 amide bonds. The van der Waals surface area contributed by atoms with Crippen LogP contribution in [-0.2, 0) is 9.59 Å². The van der Waals surface area contributed by atoms with Crippen LogP contribution < -0.4 is 10.2 Å². The highest BCUT2D eigenvalue weighted by molar-refractivity contribution is 6.16. The Morgan fingerprint density at radius 3 is 2.67 bits per heavy atom. The second-order valence-electron chi connectivity index (χ2n) is 5.46. The minimum absolute atomic E-state index is 0.106. The Balaban J connectivity index is 2.04. The molecule has 1 aromatic carbocycles. The molecule has 0 saturated carbocycles. The van der Waals surface area contributed by atoms with E-state index in [9.17, 15) is 14.7 Å². The molecule has 1 heterocycles. The van der Waals surface area contributed by atoms with Crippen molar-refractivity contribution < 1.29 is 14.7 Å². The fraction of sp³-hybridized carbons (Fsp3) is 0.467. The van der Waals surface area contributed by atoms with Crippen LogP contribution in [0.3, 0.4) is 0 Å². The standard InChI is InChI=1S/C15H21N3O3/c1-17(2)11-9-16-13(19)15(21)8-10-18(14(15)20)12-6-4-3-5-7-12/h3-7,21H,8-11H2,1-2H3,(H,16,19)/t15-/m0/s1. The number of aliphatic hydroxyl groups is 1. The quantitative estimate of drug-likeness (QED) is 0.739. The van der Waals surface area contributed by atoms with Gasteiger partial charge in [-0.05, 0) is 26.2 Å². The van der Waals surface area contributed by atoms with Crippen molar-refractivity contribution in [3.63, 3.8) is 0 Å². The lowest BCUT2D eigenvalue weighted by Crippen LogP contribution is -2.53. The number of carbonyl (C=O) groups is 2. The lowest BCUT2D eigenvalue weighted by atomic mass is 10.0. The highest BCUT2D eigenvalue weighted by Gasteiger charge is 2.51. The molecule has 114 valence electrons. The summed E-state index contributed by atoms with van der Waals surface area (Å²) in [6.45, 7) is 1.38. The van der Waals surface area contributed by atoms with Gasteiger partial charge in [0, 0.05) is 31.7 Å².